The summed E-state index contributed by atoms with van der Waals surface area (Å²) in [4.78, 5) is 29.0. The average Bonchev–Trinajstić information content (AvgIpc) is 3.28. The maximum absolute atomic E-state index is 13.4. The van der Waals surface area contributed by atoms with Gasteiger partial charge in [0.2, 0.25) is 5.91 Å². The molecule has 1 saturated carbocycles. The number of para-hydroxylation sites is 1. The predicted octanol–water partition coefficient (Wildman–Crippen LogP) is 2.25. The largest absolute Gasteiger partial charge is 0.493 e. The van der Waals surface area contributed by atoms with Crippen LogP contribution in [0.4, 0.5) is 0 Å². The normalized spacial score (nSPS) is 37.0. The number of aliphatic hydroxyl groups is 1. The predicted molar refractivity (Wildman–Crippen MR) is 131 cm³/mol. The fourth-order valence-corrected chi connectivity index (χ4v) is 6.21. The third-order valence-electron chi connectivity index (χ3n) is 8.32. The SMILES string of the molecule is CC1CCC(N2C[C@@H]3C[C@H]2C(=O)NC[C@H]2O[C@H](CCOc4ccccc4C(=O)N3)CC[C@@H]2O)CC1. The molecule has 1 aliphatic carbocycles. The van der Waals surface area contributed by atoms with Crippen molar-refractivity contribution in [1.29, 1.82) is 0 Å². The molecule has 0 spiro atoms. The molecule has 8 nitrogen and oxygen atoms in total. The zero-order valence-electron chi connectivity index (χ0n) is 20.7. The van der Waals surface area contributed by atoms with E-state index in [0.717, 1.165) is 25.2 Å². The maximum Gasteiger partial charge on any atom is 0.255 e. The van der Waals surface area contributed by atoms with E-state index in [0.29, 0.717) is 56.3 Å². The first-order valence-electron chi connectivity index (χ1n) is 13.4. The van der Waals surface area contributed by atoms with E-state index >= 15 is 0 Å². The lowest BCUT2D eigenvalue weighted by molar-refractivity contribution is -0.134. The molecule has 4 aliphatic rings. The van der Waals surface area contributed by atoms with Gasteiger partial charge in [-0.2, -0.15) is 0 Å². The van der Waals surface area contributed by atoms with Gasteiger partial charge in [0.05, 0.1) is 30.4 Å². The first-order chi connectivity index (χ1) is 17.0. The Morgan fingerprint density at radius 2 is 1.83 bits per heavy atom. The molecular weight excluding hydrogens is 446 g/mol. The quantitative estimate of drug-likeness (QED) is 0.564. The van der Waals surface area contributed by atoms with Gasteiger partial charge in [-0.15, -0.1) is 0 Å². The van der Waals surface area contributed by atoms with Crippen molar-refractivity contribution in [2.45, 2.75) is 94.7 Å². The van der Waals surface area contributed by atoms with Crippen molar-refractivity contribution in [2.24, 2.45) is 5.92 Å². The second-order valence-corrected chi connectivity index (χ2v) is 10.9. The third kappa shape index (κ3) is 5.65. The molecule has 0 unspecified atom stereocenters. The topological polar surface area (TPSA) is 100 Å². The van der Waals surface area contributed by atoms with Crippen LogP contribution in [0.25, 0.3) is 0 Å². The van der Waals surface area contributed by atoms with Crippen molar-refractivity contribution in [1.82, 2.24) is 15.5 Å². The Balaban J connectivity index is 1.39. The average molecular weight is 486 g/mol. The van der Waals surface area contributed by atoms with Crippen LogP contribution in [0.2, 0.25) is 0 Å². The standard InChI is InChI=1S/C27H39N3O5/c1-17-6-8-19(9-7-17)30-16-18-14-22(30)27(33)28-15-25-23(31)11-10-20(35-25)12-13-34-24-5-3-2-4-21(24)26(32)29-18/h2-5,17-20,22-23,25,31H,6-16H2,1H3,(H,28,33)(H,29,32)/t17?,18-,19?,20-,22-,23-,25+/m0/s1. The fraction of sp³-hybridized carbons (Fsp3) is 0.704. The highest BCUT2D eigenvalue weighted by atomic mass is 16.5. The van der Waals surface area contributed by atoms with Crippen molar-refractivity contribution in [3.05, 3.63) is 29.8 Å². The summed E-state index contributed by atoms with van der Waals surface area (Å²) in [5.41, 5.74) is 0.517. The molecule has 1 aromatic rings. The van der Waals surface area contributed by atoms with Crippen molar-refractivity contribution >= 4 is 11.8 Å². The van der Waals surface area contributed by atoms with Gasteiger partial charge < -0.3 is 25.2 Å². The minimum atomic E-state index is -0.585. The van der Waals surface area contributed by atoms with Crippen LogP contribution in [0, 0.1) is 5.92 Å². The third-order valence-corrected chi connectivity index (χ3v) is 8.32. The van der Waals surface area contributed by atoms with Gasteiger partial charge in [-0.05, 0) is 63.0 Å². The molecule has 35 heavy (non-hydrogen) atoms. The highest BCUT2D eigenvalue weighted by molar-refractivity contribution is 5.97. The number of nitrogens with one attached hydrogen (secondary N) is 2. The Kier molecular flexibility index (Phi) is 7.60. The highest BCUT2D eigenvalue weighted by Crippen LogP contribution is 2.32. The maximum atomic E-state index is 13.4. The zero-order valence-corrected chi connectivity index (χ0v) is 20.7. The summed E-state index contributed by atoms with van der Waals surface area (Å²) in [5.74, 6) is 1.09. The molecular formula is C27H39N3O5. The number of ether oxygens (including phenoxy) is 2. The molecule has 8 heteroatoms. The lowest BCUT2D eigenvalue weighted by Crippen LogP contribution is -2.52. The summed E-state index contributed by atoms with van der Waals surface area (Å²) in [6.45, 7) is 3.67. The molecule has 3 heterocycles. The molecule has 1 aromatic carbocycles. The molecule has 0 radical (unpaired) electrons. The molecule has 5 rings (SSSR count). The number of aliphatic hydroxyl groups excluding tert-OH is 1. The van der Waals surface area contributed by atoms with Crippen LogP contribution in [-0.4, -0.2) is 78.0 Å². The van der Waals surface area contributed by atoms with Gasteiger partial charge in [0.15, 0.2) is 0 Å². The number of rotatable bonds is 1. The van der Waals surface area contributed by atoms with Crippen LogP contribution in [0.15, 0.2) is 24.3 Å². The van der Waals surface area contributed by atoms with E-state index in [9.17, 15) is 14.7 Å². The van der Waals surface area contributed by atoms with E-state index < -0.39 is 12.2 Å². The molecule has 192 valence electrons. The Labute approximate surface area is 207 Å². The van der Waals surface area contributed by atoms with Crippen LogP contribution < -0.4 is 15.4 Å². The van der Waals surface area contributed by atoms with E-state index in [2.05, 4.69) is 22.5 Å². The number of hydrogen-bond acceptors (Lipinski definition) is 6. The molecule has 2 saturated heterocycles. The first kappa shape index (κ1) is 24.5. The van der Waals surface area contributed by atoms with Gasteiger partial charge in [0.1, 0.15) is 11.9 Å². The molecule has 2 amide bonds. The first-order valence-corrected chi connectivity index (χ1v) is 13.4. The summed E-state index contributed by atoms with van der Waals surface area (Å²) in [6.07, 6.45) is 6.06. The molecule has 3 fully saturated rings. The van der Waals surface area contributed by atoms with Crippen molar-refractivity contribution < 1.29 is 24.2 Å². The van der Waals surface area contributed by atoms with E-state index in [1.807, 2.05) is 18.2 Å². The fourth-order valence-electron chi connectivity index (χ4n) is 6.21. The van der Waals surface area contributed by atoms with Gasteiger partial charge in [-0.1, -0.05) is 19.1 Å². The van der Waals surface area contributed by atoms with Crippen LogP contribution >= 0.6 is 0 Å². The van der Waals surface area contributed by atoms with Crippen LogP contribution in [0.3, 0.4) is 0 Å². The minimum Gasteiger partial charge on any atom is -0.493 e. The number of nitrogens with zero attached hydrogens (tertiary/aromatic N) is 1. The highest BCUT2D eigenvalue weighted by Gasteiger charge is 2.42. The zero-order chi connectivity index (χ0) is 24.4. The van der Waals surface area contributed by atoms with Crippen LogP contribution in [0.1, 0.15) is 68.6 Å². The number of fused-ring (bicyclic) bond motifs is 5. The molecule has 3 N–H and O–H groups in total. The lowest BCUT2D eigenvalue weighted by Gasteiger charge is -2.37. The van der Waals surface area contributed by atoms with E-state index in [1.165, 1.54) is 12.8 Å². The molecule has 4 bridgehead atoms. The van der Waals surface area contributed by atoms with Gasteiger partial charge >= 0.3 is 0 Å². The van der Waals surface area contributed by atoms with Crippen LogP contribution in [-0.2, 0) is 9.53 Å². The van der Waals surface area contributed by atoms with Gasteiger partial charge in [-0.25, -0.2) is 0 Å². The van der Waals surface area contributed by atoms with E-state index in [1.54, 1.807) is 6.07 Å². The number of hydrogen-bond donors (Lipinski definition) is 3. The van der Waals surface area contributed by atoms with Crippen molar-refractivity contribution in [2.75, 3.05) is 19.7 Å². The van der Waals surface area contributed by atoms with E-state index in [4.69, 9.17) is 9.47 Å². The number of amides is 2. The Bertz CT molecular complexity index is 903. The summed E-state index contributed by atoms with van der Waals surface area (Å²) in [7, 11) is 0. The summed E-state index contributed by atoms with van der Waals surface area (Å²) >= 11 is 0. The molecule has 5 atom stereocenters. The number of benzene rings is 1. The van der Waals surface area contributed by atoms with Crippen molar-refractivity contribution in [3.8, 4) is 5.75 Å². The Morgan fingerprint density at radius 1 is 1.03 bits per heavy atom. The second kappa shape index (κ2) is 10.8. The number of likely N-dealkylation sites (tertiary alicyclic amines) is 1. The number of carbonyl (C=O) groups excluding carboxylic acids is 2. The smallest absolute Gasteiger partial charge is 0.255 e. The summed E-state index contributed by atoms with van der Waals surface area (Å²) in [6, 6.07) is 7.27. The second-order valence-electron chi connectivity index (χ2n) is 10.9. The lowest BCUT2D eigenvalue weighted by atomic mass is 9.86. The van der Waals surface area contributed by atoms with E-state index in [-0.39, 0.29) is 30.0 Å². The number of carbonyl (C=O) groups is 2. The minimum absolute atomic E-state index is 0.0332. The Morgan fingerprint density at radius 3 is 2.66 bits per heavy atom. The summed E-state index contributed by atoms with van der Waals surface area (Å²) < 4.78 is 12.2. The molecule has 3 aliphatic heterocycles. The Hall–Kier alpha value is -2.16. The molecule has 0 aromatic heterocycles. The van der Waals surface area contributed by atoms with Gasteiger partial charge in [-0.3, -0.25) is 14.5 Å². The van der Waals surface area contributed by atoms with Gasteiger partial charge in [0, 0.05) is 31.6 Å². The van der Waals surface area contributed by atoms with Crippen LogP contribution in [0.5, 0.6) is 5.75 Å². The van der Waals surface area contributed by atoms with Gasteiger partial charge in [0.25, 0.3) is 5.91 Å². The van der Waals surface area contributed by atoms with Crippen molar-refractivity contribution in [3.63, 3.8) is 0 Å². The summed E-state index contributed by atoms with van der Waals surface area (Å²) in [5, 5.41) is 16.8. The monoisotopic (exact) mass is 485 g/mol.